The summed E-state index contributed by atoms with van der Waals surface area (Å²) in [6, 6.07) is 0. The molecule has 0 aromatic rings. The lowest BCUT2D eigenvalue weighted by Crippen LogP contribution is -2.21. The van der Waals surface area contributed by atoms with Crippen molar-refractivity contribution >= 4 is 11.9 Å². The van der Waals surface area contributed by atoms with Crippen molar-refractivity contribution in [2.24, 2.45) is 0 Å². The monoisotopic (exact) mass is 255 g/mol. The molecule has 1 fully saturated rings. The second-order valence-corrected chi connectivity index (χ2v) is 5.04. The van der Waals surface area contributed by atoms with Gasteiger partial charge in [0.05, 0.1) is 0 Å². The molecule has 0 unspecified atom stereocenters. The molecule has 4 nitrogen and oxygen atoms in total. The van der Waals surface area contributed by atoms with Crippen LogP contribution >= 0.6 is 0 Å². The summed E-state index contributed by atoms with van der Waals surface area (Å²) in [6.45, 7) is 2.22. The smallest absolute Gasteiger partial charge is 0.306 e. The molecule has 104 valence electrons. The molecule has 0 aromatic carbocycles. The van der Waals surface area contributed by atoms with Gasteiger partial charge in [0, 0.05) is 19.9 Å². The molecule has 0 radical (unpaired) electrons. The van der Waals surface area contributed by atoms with Gasteiger partial charge in [-0.15, -0.1) is 0 Å². The molecule has 1 amide bonds. The third-order valence-electron chi connectivity index (χ3n) is 3.28. The van der Waals surface area contributed by atoms with Crippen molar-refractivity contribution in [2.45, 2.75) is 70.8 Å². The van der Waals surface area contributed by atoms with Crippen molar-refractivity contribution in [2.75, 3.05) is 6.54 Å². The molecule has 0 atom stereocenters. The van der Waals surface area contributed by atoms with E-state index in [1.165, 1.54) is 26.2 Å². The van der Waals surface area contributed by atoms with Crippen LogP contribution < -0.4 is 5.32 Å². The zero-order valence-electron chi connectivity index (χ0n) is 11.4. The van der Waals surface area contributed by atoms with Crippen molar-refractivity contribution in [3.05, 3.63) is 0 Å². The summed E-state index contributed by atoms with van der Waals surface area (Å²) in [6.07, 6.45) is 9.15. The molecular formula is C14H25NO3. The largest absolute Gasteiger partial charge is 0.462 e. The minimum Gasteiger partial charge on any atom is -0.462 e. The Morgan fingerprint density at radius 3 is 2.50 bits per heavy atom. The van der Waals surface area contributed by atoms with E-state index in [1.54, 1.807) is 0 Å². The molecular weight excluding hydrogens is 230 g/mol. The van der Waals surface area contributed by atoms with Crippen molar-refractivity contribution in [1.82, 2.24) is 5.32 Å². The van der Waals surface area contributed by atoms with Crippen LogP contribution in [0.4, 0.5) is 0 Å². The van der Waals surface area contributed by atoms with E-state index in [0.717, 1.165) is 32.1 Å². The molecule has 1 saturated carbocycles. The van der Waals surface area contributed by atoms with Crippen LogP contribution in [0.2, 0.25) is 0 Å². The zero-order valence-corrected chi connectivity index (χ0v) is 11.4. The molecule has 1 aliphatic carbocycles. The number of hydrogen-bond donors (Lipinski definition) is 1. The number of carbonyl (C=O) groups is 2. The van der Waals surface area contributed by atoms with Crippen molar-refractivity contribution in [3.8, 4) is 0 Å². The minimum atomic E-state index is -0.0542. The van der Waals surface area contributed by atoms with Crippen LogP contribution in [-0.4, -0.2) is 24.5 Å². The fourth-order valence-electron chi connectivity index (χ4n) is 2.26. The quantitative estimate of drug-likeness (QED) is 0.562. The van der Waals surface area contributed by atoms with E-state index >= 15 is 0 Å². The van der Waals surface area contributed by atoms with Crippen LogP contribution in [0.25, 0.3) is 0 Å². The molecule has 18 heavy (non-hydrogen) atoms. The number of amides is 1. The predicted molar refractivity (Wildman–Crippen MR) is 70.1 cm³/mol. The van der Waals surface area contributed by atoms with Gasteiger partial charge in [-0.1, -0.05) is 12.8 Å². The van der Waals surface area contributed by atoms with Gasteiger partial charge in [0.15, 0.2) is 0 Å². The Hall–Kier alpha value is -1.06. The molecule has 1 aliphatic rings. The Balaban J connectivity index is 1.94. The Kier molecular flexibility index (Phi) is 7.46. The summed E-state index contributed by atoms with van der Waals surface area (Å²) in [5.41, 5.74) is 0. The summed E-state index contributed by atoms with van der Waals surface area (Å²) in [4.78, 5) is 22.2. The number of hydrogen-bond acceptors (Lipinski definition) is 3. The average molecular weight is 255 g/mol. The van der Waals surface area contributed by atoms with Gasteiger partial charge in [-0.05, 0) is 38.5 Å². The fourth-order valence-corrected chi connectivity index (χ4v) is 2.26. The van der Waals surface area contributed by atoms with Gasteiger partial charge < -0.3 is 10.1 Å². The standard InChI is InChI=1S/C14H25NO3/c1-12(16)15-11-7-3-6-10-14(17)18-13-8-4-2-5-9-13/h13H,2-11H2,1H3,(H,15,16). The lowest BCUT2D eigenvalue weighted by atomic mass is 9.98. The van der Waals surface area contributed by atoms with Crippen LogP contribution in [0.15, 0.2) is 0 Å². The Labute approximate surface area is 109 Å². The van der Waals surface area contributed by atoms with Crippen LogP contribution in [0.5, 0.6) is 0 Å². The number of nitrogens with one attached hydrogen (secondary N) is 1. The van der Waals surface area contributed by atoms with Crippen LogP contribution in [0.3, 0.4) is 0 Å². The molecule has 0 spiro atoms. The maximum atomic E-state index is 11.6. The van der Waals surface area contributed by atoms with Gasteiger partial charge in [-0.3, -0.25) is 9.59 Å². The predicted octanol–water partition coefficient (Wildman–Crippen LogP) is 2.56. The van der Waals surface area contributed by atoms with Gasteiger partial charge in [0.1, 0.15) is 6.10 Å². The molecule has 0 bridgehead atoms. The zero-order chi connectivity index (χ0) is 13.2. The van der Waals surface area contributed by atoms with E-state index in [2.05, 4.69) is 5.32 Å². The maximum absolute atomic E-state index is 11.6. The van der Waals surface area contributed by atoms with Crippen molar-refractivity contribution in [1.29, 1.82) is 0 Å². The SMILES string of the molecule is CC(=O)NCCCCCC(=O)OC1CCCCC1. The van der Waals surface area contributed by atoms with Gasteiger partial charge in [0.2, 0.25) is 5.91 Å². The van der Waals surface area contributed by atoms with Crippen LogP contribution in [0.1, 0.15) is 64.7 Å². The summed E-state index contributed by atoms with van der Waals surface area (Å²) in [5.74, 6) is -0.0480. The Morgan fingerprint density at radius 1 is 1.11 bits per heavy atom. The highest BCUT2D eigenvalue weighted by Gasteiger charge is 2.17. The third-order valence-corrected chi connectivity index (χ3v) is 3.28. The summed E-state index contributed by atoms with van der Waals surface area (Å²) >= 11 is 0. The minimum absolute atomic E-state index is 0.00621. The van der Waals surface area contributed by atoms with Gasteiger partial charge in [-0.2, -0.15) is 0 Å². The first-order valence-corrected chi connectivity index (χ1v) is 7.12. The topological polar surface area (TPSA) is 55.4 Å². The van der Waals surface area contributed by atoms with Crippen molar-refractivity contribution < 1.29 is 14.3 Å². The third kappa shape index (κ3) is 7.30. The van der Waals surface area contributed by atoms with Crippen LogP contribution in [0, 0.1) is 0 Å². The highest BCUT2D eigenvalue weighted by atomic mass is 16.5. The normalized spacial score (nSPS) is 16.3. The first-order valence-electron chi connectivity index (χ1n) is 7.12. The molecule has 0 aliphatic heterocycles. The Morgan fingerprint density at radius 2 is 1.83 bits per heavy atom. The van der Waals surface area contributed by atoms with Gasteiger partial charge in [0.25, 0.3) is 0 Å². The molecule has 1 rings (SSSR count). The maximum Gasteiger partial charge on any atom is 0.306 e. The molecule has 4 heteroatoms. The average Bonchev–Trinajstić information content (AvgIpc) is 2.34. The summed E-state index contributed by atoms with van der Waals surface area (Å²) < 4.78 is 5.43. The van der Waals surface area contributed by atoms with E-state index in [4.69, 9.17) is 4.74 Å². The molecule has 0 heterocycles. The number of esters is 1. The summed E-state index contributed by atoms with van der Waals surface area (Å²) in [5, 5.41) is 2.74. The van der Waals surface area contributed by atoms with Crippen molar-refractivity contribution in [3.63, 3.8) is 0 Å². The molecule has 1 N–H and O–H groups in total. The fraction of sp³-hybridized carbons (Fsp3) is 0.857. The number of rotatable bonds is 7. The van der Waals surface area contributed by atoms with Gasteiger partial charge in [-0.25, -0.2) is 0 Å². The first-order chi connectivity index (χ1) is 8.68. The van der Waals surface area contributed by atoms with E-state index in [0.29, 0.717) is 13.0 Å². The number of carbonyl (C=O) groups excluding carboxylic acids is 2. The molecule has 0 aromatic heterocycles. The highest BCUT2D eigenvalue weighted by molar-refractivity contribution is 5.72. The van der Waals surface area contributed by atoms with E-state index in [9.17, 15) is 9.59 Å². The van der Waals surface area contributed by atoms with Gasteiger partial charge >= 0.3 is 5.97 Å². The van der Waals surface area contributed by atoms with E-state index < -0.39 is 0 Å². The van der Waals surface area contributed by atoms with E-state index in [-0.39, 0.29) is 18.0 Å². The highest BCUT2D eigenvalue weighted by Crippen LogP contribution is 2.20. The second kappa shape index (κ2) is 8.95. The first kappa shape index (κ1) is 15.0. The second-order valence-electron chi connectivity index (χ2n) is 5.04. The number of ether oxygens (including phenoxy) is 1. The molecule has 0 saturated heterocycles. The number of unbranched alkanes of at least 4 members (excludes halogenated alkanes) is 2. The van der Waals surface area contributed by atoms with Crippen LogP contribution in [-0.2, 0) is 14.3 Å². The lowest BCUT2D eigenvalue weighted by molar-refractivity contribution is -0.150. The summed E-state index contributed by atoms with van der Waals surface area (Å²) in [7, 11) is 0. The van der Waals surface area contributed by atoms with E-state index in [1.807, 2.05) is 0 Å². The lowest BCUT2D eigenvalue weighted by Gasteiger charge is -2.21. The Bertz CT molecular complexity index is 260.